The lowest BCUT2D eigenvalue weighted by Crippen LogP contribution is -2.15. The van der Waals surface area contributed by atoms with Gasteiger partial charge in [-0.2, -0.15) is 0 Å². The Labute approximate surface area is 167 Å². The molecule has 1 amide bonds. The zero-order valence-corrected chi connectivity index (χ0v) is 16.8. The number of Topliss-reactive ketones (excluding diaryl/α,β-unsaturated/α-hetero) is 1. The molecule has 0 aliphatic heterocycles. The van der Waals surface area contributed by atoms with Crippen molar-refractivity contribution in [3.63, 3.8) is 0 Å². The van der Waals surface area contributed by atoms with Crippen molar-refractivity contribution in [2.75, 3.05) is 11.1 Å². The molecule has 4 nitrogen and oxygen atoms in total. The standard InChI is InChI=1S/C21H20N2O2S2/c1-14-8-9-15(2)18(10-14)23-20(25)11-17-12-26-21(22-17)27-13-19(24)16-6-4-3-5-7-16/h3-10,12H,11,13H2,1-2H3,(H,23,25). The van der Waals surface area contributed by atoms with Gasteiger partial charge in [-0.05, 0) is 31.0 Å². The number of carbonyl (C=O) groups is 2. The van der Waals surface area contributed by atoms with Crippen LogP contribution in [0, 0.1) is 13.8 Å². The molecule has 0 aliphatic carbocycles. The zero-order chi connectivity index (χ0) is 19.2. The number of carbonyl (C=O) groups excluding carboxylic acids is 2. The fraction of sp³-hybridized carbons (Fsp3) is 0.190. The van der Waals surface area contributed by atoms with Gasteiger partial charge in [-0.15, -0.1) is 11.3 Å². The normalized spacial score (nSPS) is 10.6. The summed E-state index contributed by atoms with van der Waals surface area (Å²) in [4.78, 5) is 28.9. The predicted molar refractivity (Wildman–Crippen MR) is 112 cm³/mol. The Bertz CT molecular complexity index is 952. The number of nitrogens with zero attached hydrogens (tertiary/aromatic N) is 1. The Hall–Kier alpha value is -2.44. The molecule has 0 bridgehead atoms. The van der Waals surface area contributed by atoms with E-state index in [4.69, 9.17) is 0 Å². The highest BCUT2D eigenvalue weighted by molar-refractivity contribution is 8.01. The number of aromatic nitrogens is 1. The Kier molecular flexibility index (Phi) is 6.42. The second-order valence-electron chi connectivity index (χ2n) is 6.23. The molecule has 0 spiro atoms. The van der Waals surface area contributed by atoms with Crippen LogP contribution in [0.1, 0.15) is 27.2 Å². The summed E-state index contributed by atoms with van der Waals surface area (Å²) in [7, 11) is 0. The maximum absolute atomic E-state index is 12.3. The van der Waals surface area contributed by atoms with Crippen molar-refractivity contribution in [3.8, 4) is 0 Å². The van der Waals surface area contributed by atoms with Gasteiger partial charge in [-0.1, -0.05) is 54.2 Å². The lowest BCUT2D eigenvalue weighted by atomic mass is 10.1. The molecule has 0 unspecified atom stereocenters. The van der Waals surface area contributed by atoms with Crippen LogP contribution in [0.15, 0.2) is 58.3 Å². The fourth-order valence-electron chi connectivity index (χ4n) is 2.50. The molecular formula is C21H20N2O2S2. The van der Waals surface area contributed by atoms with Crippen LogP contribution in [0.4, 0.5) is 5.69 Å². The number of aryl methyl sites for hydroxylation is 2. The minimum atomic E-state index is -0.0917. The van der Waals surface area contributed by atoms with Gasteiger partial charge >= 0.3 is 0 Å². The number of hydrogen-bond acceptors (Lipinski definition) is 5. The van der Waals surface area contributed by atoms with Crippen LogP contribution in [-0.4, -0.2) is 22.4 Å². The zero-order valence-electron chi connectivity index (χ0n) is 15.2. The first-order valence-corrected chi connectivity index (χ1v) is 10.4. The summed E-state index contributed by atoms with van der Waals surface area (Å²) in [5, 5.41) is 4.82. The number of amides is 1. The highest BCUT2D eigenvalue weighted by atomic mass is 32.2. The van der Waals surface area contributed by atoms with Crippen LogP contribution in [0.2, 0.25) is 0 Å². The van der Waals surface area contributed by atoms with Gasteiger partial charge in [0.05, 0.1) is 17.9 Å². The number of benzene rings is 2. The van der Waals surface area contributed by atoms with E-state index in [-0.39, 0.29) is 18.1 Å². The van der Waals surface area contributed by atoms with E-state index in [1.54, 1.807) is 0 Å². The van der Waals surface area contributed by atoms with Crippen LogP contribution < -0.4 is 5.32 Å². The van der Waals surface area contributed by atoms with E-state index in [0.717, 1.165) is 26.8 Å². The van der Waals surface area contributed by atoms with Gasteiger partial charge in [0.25, 0.3) is 0 Å². The van der Waals surface area contributed by atoms with E-state index >= 15 is 0 Å². The highest BCUT2D eigenvalue weighted by Gasteiger charge is 2.12. The van der Waals surface area contributed by atoms with Crippen molar-refractivity contribution in [1.29, 1.82) is 0 Å². The molecule has 6 heteroatoms. The number of hydrogen-bond donors (Lipinski definition) is 1. The summed E-state index contributed by atoms with van der Waals surface area (Å²) in [6.45, 7) is 3.96. The molecule has 0 saturated heterocycles. The molecule has 27 heavy (non-hydrogen) atoms. The molecule has 1 heterocycles. The van der Waals surface area contributed by atoms with E-state index < -0.39 is 0 Å². The number of ketones is 1. The van der Waals surface area contributed by atoms with Crippen molar-refractivity contribution in [2.24, 2.45) is 0 Å². The Morgan fingerprint density at radius 3 is 2.67 bits per heavy atom. The molecular weight excluding hydrogens is 376 g/mol. The number of thiazole rings is 1. The maximum Gasteiger partial charge on any atom is 0.230 e. The van der Waals surface area contributed by atoms with Gasteiger partial charge in [0.1, 0.15) is 0 Å². The van der Waals surface area contributed by atoms with Gasteiger partial charge in [0, 0.05) is 16.6 Å². The Balaban J connectivity index is 1.54. The molecule has 1 aromatic heterocycles. The molecule has 0 aliphatic rings. The third-order valence-corrected chi connectivity index (χ3v) is 6.03. The largest absolute Gasteiger partial charge is 0.325 e. The summed E-state index contributed by atoms with van der Waals surface area (Å²) in [6.07, 6.45) is 0.219. The quantitative estimate of drug-likeness (QED) is 0.455. The minimum Gasteiger partial charge on any atom is -0.325 e. The number of anilines is 1. The van der Waals surface area contributed by atoms with E-state index in [0.29, 0.717) is 11.3 Å². The molecule has 1 N–H and O–H groups in total. The maximum atomic E-state index is 12.3. The van der Waals surface area contributed by atoms with Crippen LogP contribution in [0.25, 0.3) is 0 Å². The second kappa shape index (κ2) is 8.97. The third-order valence-electron chi connectivity index (χ3n) is 3.96. The van der Waals surface area contributed by atoms with Gasteiger partial charge in [0.15, 0.2) is 10.1 Å². The van der Waals surface area contributed by atoms with E-state index in [1.165, 1.54) is 23.1 Å². The van der Waals surface area contributed by atoms with Crippen LogP contribution in [0.5, 0.6) is 0 Å². The summed E-state index contributed by atoms with van der Waals surface area (Å²) < 4.78 is 0.800. The van der Waals surface area contributed by atoms with Gasteiger partial charge < -0.3 is 5.32 Å². The third kappa shape index (κ3) is 5.52. The van der Waals surface area contributed by atoms with Gasteiger partial charge in [0.2, 0.25) is 5.91 Å². The molecule has 2 aromatic carbocycles. The Morgan fingerprint density at radius 1 is 1.11 bits per heavy atom. The first-order chi connectivity index (χ1) is 13.0. The summed E-state index contributed by atoms with van der Waals surface area (Å²) in [5.74, 6) is 0.321. The monoisotopic (exact) mass is 396 g/mol. The van der Waals surface area contributed by atoms with Crippen LogP contribution in [-0.2, 0) is 11.2 Å². The first-order valence-electron chi connectivity index (χ1n) is 8.54. The van der Waals surface area contributed by atoms with Crippen molar-refractivity contribution < 1.29 is 9.59 Å². The number of nitrogens with one attached hydrogen (secondary N) is 1. The molecule has 0 radical (unpaired) electrons. The van der Waals surface area contributed by atoms with E-state index in [2.05, 4.69) is 10.3 Å². The SMILES string of the molecule is Cc1ccc(C)c(NC(=O)Cc2csc(SCC(=O)c3ccccc3)n2)c1. The summed E-state index contributed by atoms with van der Waals surface area (Å²) >= 11 is 2.87. The van der Waals surface area contributed by atoms with E-state index in [1.807, 2.05) is 67.8 Å². The fourth-order valence-corrected chi connectivity index (χ4v) is 4.24. The van der Waals surface area contributed by atoms with Gasteiger partial charge in [-0.3, -0.25) is 9.59 Å². The Morgan fingerprint density at radius 2 is 1.89 bits per heavy atom. The summed E-state index contributed by atoms with van der Waals surface area (Å²) in [6, 6.07) is 15.2. The molecule has 0 fully saturated rings. The predicted octanol–water partition coefficient (Wildman–Crippen LogP) is 4.92. The molecule has 3 aromatic rings. The molecule has 3 rings (SSSR count). The van der Waals surface area contributed by atoms with Crippen molar-refractivity contribution in [3.05, 3.63) is 76.3 Å². The van der Waals surface area contributed by atoms with Crippen molar-refractivity contribution in [2.45, 2.75) is 24.6 Å². The second-order valence-corrected chi connectivity index (χ2v) is 8.31. The number of rotatable bonds is 7. The lowest BCUT2D eigenvalue weighted by molar-refractivity contribution is -0.115. The highest BCUT2D eigenvalue weighted by Crippen LogP contribution is 2.24. The average molecular weight is 397 g/mol. The molecule has 0 saturated carbocycles. The minimum absolute atomic E-state index is 0.0741. The van der Waals surface area contributed by atoms with Crippen molar-refractivity contribution in [1.82, 2.24) is 4.98 Å². The average Bonchev–Trinajstić information content (AvgIpc) is 3.10. The number of thioether (sulfide) groups is 1. The lowest BCUT2D eigenvalue weighted by Gasteiger charge is -2.08. The smallest absolute Gasteiger partial charge is 0.230 e. The van der Waals surface area contributed by atoms with Crippen molar-refractivity contribution >= 4 is 40.5 Å². The van der Waals surface area contributed by atoms with Crippen LogP contribution in [0.3, 0.4) is 0 Å². The molecule has 138 valence electrons. The summed E-state index contributed by atoms with van der Waals surface area (Å²) in [5.41, 5.74) is 4.39. The first kappa shape index (κ1) is 19.3. The van der Waals surface area contributed by atoms with Crippen LogP contribution >= 0.6 is 23.1 Å². The topological polar surface area (TPSA) is 59.1 Å². The van der Waals surface area contributed by atoms with Gasteiger partial charge in [-0.25, -0.2) is 4.98 Å². The molecule has 0 atom stereocenters. The van der Waals surface area contributed by atoms with E-state index in [9.17, 15) is 9.59 Å².